The maximum absolute atomic E-state index is 12.3. The molecule has 6 nitrogen and oxygen atoms in total. The SMILES string of the molecule is CCS(=O)(=O)N1c2ccc(C(=O)NC[C@H]3CCCO3)cc2C[C@@H]1C. The number of anilines is 1. The van der Waals surface area contributed by atoms with Gasteiger partial charge < -0.3 is 10.1 Å². The molecule has 1 amide bonds. The molecule has 0 bridgehead atoms. The lowest BCUT2D eigenvalue weighted by molar-refractivity contribution is 0.0857. The monoisotopic (exact) mass is 352 g/mol. The molecule has 3 rings (SSSR count). The lowest BCUT2D eigenvalue weighted by atomic mass is 10.1. The van der Waals surface area contributed by atoms with Gasteiger partial charge in [0.1, 0.15) is 0 Å². The molecular weight excluding hydrogens is 328 g/mol. The van der Waals surface area contributed by atoms with E-state index in [1.165, 1.54) is 4.31 Å². The Hall–Kier alpha value is -1.60. The second-order valence-corrected chi connectivity index (χ2v) is 8.57. The van der Waals surface area contributed by atoms with E-state index in [4.69, 9.17) is 4.74 Å². The summed E-state index contributed by atoms with van der Waals surface area (Å²) in [4.78, 5) is 12.3. The molecule has 24 heavy (non-hydrogen) atoms. The van der Waals surface area contributed by atoms with E-state index in [0.29, 0.717) is 24.2 Å². The van der Waals surface area contributed by atoms with Crippen LogP contribution < -0.4 is 9.62 Å². The number of ether oxygens (including phenoxy) is 1. The molecule has 0 aromatic heterocycles. The van der Waals surface area contributed by atoms with Crippen molar-refractivity contribution in [3.63, 3.8) is 0 Å². The van der Waals surface area contributed by atoms with Crippen LogP contribution >= 0.6 is 0 Å². The van der Waals surface area contributed by atoms with Crippen molar-refractivity contribution in [2.75, 3.05) is 23.2 Å². The van der Waals surface area contributed by atoms with Crippen molar-refractivity contribution in [1.29, 1.82) is 0 Å². The Bertz CT molecular complexity index is 726. The van der Waals surface area contributed by atoms with Gasteiger partial charge in [-0.2, -0.15) is 0 Å². The molecule has 0 saturated carbocycles. The summed E-state index contributed by atoms with van der Waals surface area (Å²) in [5.41, 5.74) is 2.17. The van der Waals surface area contributed by atoms with Gasteiger partial charge in [-0.05, 0) is 56.9 Å². The quantitative estimate of drug-likeness (QED) is 0.875. The number of fused-ring (bicyclic) bond motifs is 1. The van der Waals surface area contributed by atoms with Gasteiger partial charge in [-0.1, -0.05) is 0 Å². The zero-order chi connectivity index (χ0) is 17.3. The van der Waals surface area contributed by atoms with Gasteiger partial charge in [-0.25, -0.2) is 8.42 Å². The van der Waals surface area contributed by atoms with Crippen LogP contribution in [0.5, 0.6) is 0 Å². The second-order valence-electron chi connectivity index (χ2n) is 6.44. The maximum Gasteiger partial charge on any atom is 0.251 e. The first-order chi connectivity index (χ1) is 11.4. The minimum Gasteiger partial charge on any atom is -0.376 e. The summed E-state index contributed by atoms with van der Waals surface area (Å²) < 4.78 is 31.5. The van der Waals surface area contributed by atoms with Crippen molar-refractivity contribution >= 4 is 21.6 Å². The average Bonchev–Trinajstić information content (AvgIpc) is 3.18. The fourth-order valence-corrected chi connectivity index (χ4v) is 4.80. The standard InChI is InChI=1S/C17H24N2O4S/c1-3-24(21,22)19-12(2)9-14-10-13(6-7-16(14)19)17(20)18-11-15-5-4-8-23-15/h6-7,10,12,15H,3-5,8-9,11H2,1-2H3,(H,18,20)/t12-,15+/m0/s1. The number of hydrogen-bond donors (Lipinski definition) is 1. The third kappa shape index (κ3) is 3.28. The lowest BCUT2D eigenvalue weighted by Gasteiger charge is -2.23. The molecule has 0 aliphatic carbocycles. The second kappa shape index (κ2) is 6.72. The summed E-state index contributed by atoms with van der Waals surface area (Å²) in [6.45, 7) is 4.82. The van der Waals surface area contributed by atoms with Gasteiger partial charge in [0.15, 0.2) is 0 Å². The molecular formula is C17H24N2O4S. The van der Waals surface area contributed by atoms with E-state index >= 15 is 0 Å². The Morgan fingerprint density at radius 2 is 2.21 bits per heavy atom. The number of rotatable bonds is 5. The third-order valence-corrected chi connectivity index (χ3v) is 6.56. The van der Waals surface area contributed by atoms with E-state index in [0.717, 1.165) is 25.0 Å². The Morgan fingerprint density at radius 3 is 2.88 bits per heavy atom. The van der Waals surface area contributed by atoms with Crippen molar-refractivity contribution in [3.05, 3.63) is 29.3 Å². The highest BCUT2D eigenvalue weighted by Gasteiger charge is 2.34. The first kappa shape index (κ1) is 17.2. The number of benzene rings is 1. The van der Waals surface area contributed by atoms with E-state index in [1.54, 1.807) is 19.1 Å². The maximum atomic E-state index is 12.3. The highest BCUT2D eigenvalue weighted by molar-refractivity contribution is 7.92. The minimum absolute atomic E-state index is 0.0698. The first-order valence-electron chi connectivity index (χ1n) is 8.47. The summed E-state index contributed by atoms with van der Waals surface area (Å²) in [6.07, 6.45) is 2.75. The fourth-order valence-electron chi connectivity index (χ4n) is 3.42. The molecule has 0 unspecified atom stereocenters. The van der Waals surface area contributed by atoms with Crippen LogP contribution in [0.4, 0.5) is 5.69 Å². The average molecular weight is 352 g/mol. The van der Waals surface area contributed by atoms with Gasteiger partial charge in [0.25, 0.3) is 5.91 Å². The fraction of sp³-hybridized carbons (Fsp3) is 0.588. The van der Waals surface area contributed by atoms with Crippen LogP contribution in [0.2, 0.25) is 0 Å². The van der Waals surface area contributed by atoms with Crippen LogP contribution in [0.25, 0.3) is 0 Å². The van der Waals surface area contributed by atoms with E-state index in [1.807, 2.05) is 13.0 Å². The predicted molar refractivity (Wildman–Crippen MR) is 92.9 cm³/mol. The van der Waals surface area contributed by atoms with Crippen molar-refractivity contribution < 1.29 is 17.9 Å². The Kier molecular flexibility index (Phi) is 4.83. The van der Waals surface area contributed by atoms with Crippen LogP contribution in [0.3, 0.4) is 0 Å². The molecule has 2 heterocycles. The van der Waals surface area contributed by atoms with Crippen molar-refractivity contribution in [3.8, 4) is 0 Å². The van der Waals surface area contributed by atoms with E-state index < -0.39 is 10.0 Å². The summed E-state index contributed by atoms with van der Waals surface area (Å²) in [7, 11) is -3.30. The Morgan fingerprint density at radius 1 is 1.42 bits per heavy atom. The van der Waals surface area contributed by atoms with Crippen LogP contribution in [-0.2, 0) is 21.2 Å². The van der Waals surface area contributed by atoms with Gasteiger partial charge in [0.2, 0.25) is 10.0 Å². The van der Waals surface area contributed by atoms with E-state index in [-0.39, 0.29) is 23.8 Å². The molecule has 2 atom stereocenters. The molecule has 1 aromatic carbocycles. The molecule has 0 radical (unpaired) electrons. The first-order valence-corrected chi connectivity index (χ1v) is 10.1. The molecule has 1 N–H and O–H groups in total. The number of amides is 1. The Labute approximate surface area is 143 Å². The molecule has 2 aliphatic heterocycles. The van der Waals surface area contributed by atoms with Crippen LogP contribution in [0.1, 0.15) is 42.6 Å². The van der Waals surface area contributed by atoms with Crippen molar-refractivity contribution in [2.24, 2.45) is 0 Å². The highest BCUT2D eigenvalue weighted by atomic mass is 32.2. The van der Waals surface area contributed by atoms with Gasteiger partial charge in [0, 0.05) is 24.8 Å². The summed E-state index contributed by atoms with van der Waals surface area (Å²) in [6, 6.07) is 5.13. The molecule has 0 spiro atoms. The van der Waals surface area contributed by atoms with Crippen molar-refractivity contribution in [1.82, 2.24) is 5.32 Å². The smallest absolute Gasteiger partial charge is 0.251 e. The van der Waals surface area contributed by atoms with Crippen LogP contribution in [-0.4, -0.2) is 45.4 Å². The van der Waals surface area contributed by atoms with Gasteiger partial charge in [-0.15, -0.1) is 0 Å². The topological polar surface area (TPSA) is 75.7 Å². The number of carbonyl (C=O) groups excluding carboxylic acids is 1. The molecule has 2 aliphatic rings. The summed E-state index contributed by atoms with van der Waals surface area (Å²) >= 11 is 0. The van der Waals surface area contributed by atoms with E-state index in [9.17, 15) is 13.2 Å². The number of nitrogens with zero attached hydrogens (tertiary/aromatic N) is 1. The Balaban J connectivity index is 1.75. The summed E-state index contributed by atoms with van der Waals surface area (Å²) in [5, 5.41) is 2.90. The molecule has 7 heteroatoms. The molecule has 1 saturated heterocycles. The third-order valence-electron chi connectivity index (χ3n) is 4.67. The highest BCUT2D eigenvalue weighted by Crippen LogP contribution is 2.35. The normalized spacial score (nSPS) is 23.3. The molecule has 1 aromatic rings. The number of carbonyl (C=O) groups is 1. The number of nitrogens with one attached hydrogen (secondary N) is 1. The zero-order valence-corrected chi connectivity index (χ0v) is 14.9. The lowest BCUT2D eigenvalue weighted by Crippen LogP contribution is -2.36. The minimum atomic E-state index is -3.30. The summed E-state index contributed by atoms with van der Waals surface area (Å²) in [5.74, 6) is -0.0711. The van der Waals surface area contributed by atoms with Crippen LogP contribution in [0, 0.1) is 0 Å². The van der Waals surface area contributed by atoms with Gasteiger partial charge in [-0.3, -0.25) is 9.10 Å². The van der Waals surface area contributed by atoms with Gasteiger partial charge >= 0.3 is 0 Å². The van der Waals surface area contributed by atoms with Gasteiger partial charge in [0.05, 0.1) is 17.5 Å². The number of hydrogen-bond acceptors (Lipinski definition) is 4. The zero-order valence-electron chi connectivity index (χ0n) is 14.1. The van der Waals surface area contributed by atoms with Crippen molar-refractivity contribution in [2.45, 2.75) is 45.3 Å². The predicted octanol–water partition coefficient (Wildman–Crippen LogP) is 1.70. The molecule has 1 fully saturated rings. The van der Waals surface area contributed by atoms with Crippen LogP contribution in [0.15, 0.2) is 18.2 Å². The molecule has 132 valence electrons. The number of sulfonamides is 1. The van der Waals surface area contributed by atoms with E-state index in [2.05, 4.69) is 5.32 Å². The largest absolute Gasteiger partial charge is 0.376 e.